The average Bonchev–Trinajstić information content (AvgIpc) is 2.44. The molecule has 0 saturated carbocycles. The topological polar surface area (TPSA) is 24.9 Å². The summed E-state index contributed by atoms with van der Waals surface area (Å²) in [4.78, 5) is 4.50. The van der Waals surface area contributed by atoms with E-state index in [4.69, 9.17) is 23.2 Å². The van der Waals surface area contributed by atoms with Crippen molar-refractivity contribution in [1.82, 2.24) is 10.3 Å². The lowest BCUT2D eigenvalue weighted by molar-refractivity contribution is 0.662. The summed E-state index contributed by atoms with van der Waals surface area (Å²) in [6, 6.07) is 9.48. The minimum absolute atomic E-state index is 0.0534. The zero-order valence-corrected chi connectivity index (χ0v) is 12.5. The van der Waals surface area contributed by atoms with E-state index in [0.29, 0.717) is 10.0 Å². The van der Waals surface area contributed by atoms with Crippen LogP contribution in [0.25, 0.3) is 0 Å². The van der Waals surface area contributed by atoms with Gasteiger partial charge in [-0.3, -0.25) is 4.98 Å². The largest absolute Gasteiger partial charge is 0.308 e. The van der Waals surface area contributed by atoms with E-state index < -0.39 is 0 Å². The molecule has 4 heteroatoms. The van der Waals surface area contributed by atoms with E-state index in [1.165, 1.54) is 5.56 Å². The summed E-state index contributed by atoms with van der Waals surface area (Å²) in [6.07, 6.45) is 2.73. The normalized spacial score (nSPS) is 12.4. The van der Waals surface area contributed by atoms with Gasteiger partial charge in [0.15, 0.2) is 0 Å². The van der Waals surface area contributed by atoms with E-state index in [9.17, 15) is 0 Å². The number of nitrogens with one attached hydrogen (secondary N) is 1. The van der Waals surface area contributed by atoms with Crippen LogP contribution in [0.15, 0.2) is 36.5 Å². The summed E-state index contributed by atoms with van der Waals surface area (Å²) < 4.78 is 0. The molecule has 2 aromatic rings. The Hall–Kier alpha value is -1.09. The van der Waals surface area contributed by atoms with Crippen LogP contribution in [0.2, 0.25) is 10.0 Å². The molecule has 1 heterocycles. The van der Waals surface area contributed by atoms with Crippen molar-refractivity contribution in [2.75, 3.05) is 7.05 Å². The third kappa shape index (κ3) is 3.08. The highest BCUT2D eigenvalue weighted by molar-refractivity contribution is 6.33. The van der Waals surface area contributed by atoms with Crippen LogP contribution < -0.4 is 5.32 Å². The van der Waals surface area contributed by atoms with Gasteiger partial charge in [-0.15, -0.1) is 0 Å². The SMILES string of the molecule is CCc1cccnc1C(NC)c1cc(Cl)ccc1Cl. The number of rotatable bonds is 4. The van der Waals surface area contributed by atoms with Gasteiger partial charge in [0.05, 0.1) is 11.7 Å². The summed E-state index contributed by atoms with van der Waals surface area (Å²) in [7, 11) is 1.90. The highest BCUT2D eigenvalue weighted by Crippen LogP contribution is 2.31. The van der Waals surface area contributed by atoms with E-state index in [1.54, 1.807) is 12.3 Å². The molecule has 1 aromatic carbocycles. The first kappa shape index (κ1) is 14.3. The van der Waals surface area contributed by atoms with Gasteiger partial charge in [-0.2, -0.15) is 0 Å². The molecule has 1 N–H and O–H groups in total. The summed E-state index contributed by atoms with van der Waals surface area (Å²) in [5.74, 6) is 0. The number of aromatic nitrogens is 1. The first-order chi connectivity index (χ1) is 9.17. The molecule has 1 unspecified atom stereocenters. The van der Waals surface area contributed by atoms with Crippen LogP contribution in [-0.4, -0.2) is 12.0 Å². The Morgan fingerprint density at radius 2 is 2.05 bits per heavy atom. The van der Waals surface area contributed by atoms with Crippen LogP contribution in [0.4, 0.5) is 0 Å². The standard InChI is InChI=1S/C15H16Cl2N2/c1-3-10-5-4-8-19-14(10)15(18-2)12-9-11(16)6-7-13(12)17/h4-9,15,18H,3H2,1-2H3. The lowest BCUT2D eigenvalue weighted by Crippen LogP contribution is -2.20. The molecule has 100 valence electrons. The van der Waals surface area contributed by atoms with Gasteiger partial charge in [0.25, 0.3) is 0 Å². The van der Waals surface area contributed by atoms with E-state index in [-0.39, 0.29) is 6.04 Å². The molecule has 0 radical (unpaired) electrons. The van der Waals surface area contributed by atoms with Crippen molar-refractivity contribution in [3.8, 4) is 0 Å². The second-order valence-corrected chi connectivity index (χ2v) is 5.13. The minimum Gasteiger partial charge on any atom is -0.308 e. The van der Waals surface area contributed by atoms with Gasteiger partial charge in [-0.1, -0.05) is 36.2 Å². The number of nitrogens with zero attached hydrogens (tertiary/aromatic N) is 1. The highest BCUT2D eigenvalue weighted by Gasteiger charge is 2.19. The molecule has 0 aliphatic carbocycles. The lowest BCUT2D eigenvalue weighted by Gasteiger charge is -2.20. The Kier molecular flexibility index (Phi) is 4.81. The van der Waals surface area contributed by atoms with E-state index in [2.05, 4.69) is 23.3 Å². The monoisotopic (exact) mass is 294 g/mol. The smallest absolute Gasteiger partial charge is 0.0766 e. The zero-order valence-electron chi connectivity index (χ0n) is 11.0. The van der Waals surface area contributed by atoms with Crippen molar-refractivity contribution in [3.05, 3.63) is 63.4 Å². The van der Waals surface area contributed by atoms with E-state index in [0.717, 1.165) is 17.7 Å². The van der Waals surface area contributed by atoms with Gasteiger partial charge in [0, 0.05) is 16.2 Å². The molecule has 1 aromatic heterocycles. The molecule has 0 aliphatic rings. The van der Waals surface area contributed by atoms with Crippen LogP contribution in [0.5, 0.6) is 0 Å². The quantitative estimate of drug-likeness (QED) is 0.911. The molecular weight excluding hydrogens is 279 g/mol. The molecule has 0 fully saturated rings. The van der Waals surface area contributed by atoms with Crippen molar-refractivity contribution < 1.29 is 0 Å². The number of halogens is 2. The summed E-state index contributed by atoms with van der Waals surface area (Å²) >= 11 is 12.4. The van der Waals surface area contributed by atoms with Crippen molar-refractivity contribution in [1.29, 1.82) is 0 Å². The first-order valence-electron chi connectivity index (χ1n) is 6.23. The Labute approximate surface area is 123 Å². The van der Waals surface area contributed by atoms with E-state index >= 15 is 0 Å². The zero-order chi connectivity index (χ0) is 13.8. The third-order valence-electron chi connectivity index (χ3n) is 3.14. The molecule has 0 aliphatic heterocycles. The van der Waals surface area contributed by atoms with Gasteiger partial charge in [0.1, 0.15) is 0 Å². The number of hydrogen-bond donors (Lipinski definition) is 1. The van der Waals surface area contributed by atoms with Crippen LogP contribution in [-0.2, 0) is 6.42 Å². The fourth-order valence-electron chi connectivity index (χ4n) is 2.19. The van der Waals surface area contributed by atoms with Gasteiger partial charge >= 0.3 is 0 Å². The van der Waals surface area contributed by atoms with Gasteiger partial charge in [0.2, 0.25) is 0 Å². The summed E-state index contributed by atoms with van der Waals surface area (Å²) in [6.45, 7) is 2.12. The minimum atomic E-state index is -0.0534. The molecule has 2 nitrogen and oxygen atoms in total. The van der Waals surface area contributed by atoms with Crippen molar-refractivity contribution in [2.45, 2.75) is 19.4 Å². The summed E-state index contributed by atoms with van der Waals surface area (Å²) in [5.41, 5.74) is 3.15. The van der Waals surface area contributed by atoms with Crippen molar-refractivity contribution >= 4 is 23.2 Å². The molecule has 2 rings (SSSR count). The second-order valence-electron chi connectivity index (χ2n) is 4.29. The van der Waals surface area contributed by atoms with E-state index in [1.807, 2.05) is 25.2 Å². The summed E-state index contributed by atoms with van der Waals surface area (Å²) in [5, 5.41) is 4.64. The Morgan fingerprint density at radius 3 is 2.74 bits per heavy atom. The van der Waals surface area contributed by atoms with Crippen LogP contribution in [0, 0.1) is 0 Å². The van der Waals surface area contributed by atoms with Gasteiger partial charge < -0.3 is 5.32 Å². The van der Waals surface area contributed by atoms with Crippen molar-refractivity contribution in [2.24, 2.45) is 0 Å². The van der Waals surface area contributed by atoms with Crippen LogP contribution in [0.1, 0.15) is 29.8 Å². The Balaban J connectivity index is 2.53. The molecule has 0 saturated heterocycles. The molecule has 19 heavy (non-hydrogen) atoms. The predicted molar refractivity (Wildman–Crippen MR) is 81.0 cm³/mol. The number of pyridine rings is 1. The second kappa shape index (κ2) is 6.38. The average molecular weight is 295 g/mol. The fraction of sp³-hybridized carbons (Fsp3) is 0.267. The molecular formula is C15H16Cl2N2. The first-order valence-corrected chi connectivity index (χ1v) is 6.99. The maximum atomic E-state index is 6.29. The lowest BCUT2D eigenvalue weighted by atomic mass is 9.98. The number of benzene rings is 1. The highest BCUT2D eigenvalue weighted by atomic mass is 35.5. The number of aryl methyl sites for hydroxylation is 1. The number of hydrogen-bond acceptors (Lipinski definition) is 2. The van der Waals surface area contributed by atoms with Gasteiger partial charge in [-0.25, -0.2) is 0 Å². The maximum Gasteiger partial charge on any atom is 0.0766 e. The molecule has 0 bridgehead atoms. The fourth-order valence-corrected chi connectivity index (χ4v) is 2.59. The molecule has 0 spiro atoms. The van der Waals surface area contributed by atoms with Crippen molar-refractivity contribution in [3.63, 3.8) is 0 Å². The van der Waals surface area contributed by atoms with Crippen LogP contribution in [0.3, 0.4) is 0 Å². The predicted octanol–water partition coefficient (Wildman–Crippen LogP) is 4.26. The Bertz CT molecular complexity index is 570. The Morgan fingerprint density at radius 1 is 1.26 bits per heavy atom. The van der Waals surface area contributed by atoms with Gasteiger partial charge in [-0.05, 0) is 48.9 Å². The van der Waals surface area contributed by atoms with Crippen LogP contribution >= 0.6 is 23.2 Å². The maximum absolute atomic E-state index is 6.29. The molecule has 0 amide bonds. The molecule has 1 atom stereocenters. The third-order valence-corrected chi connectivity index (χ3v) is 3.72.